The third kappa shape index (κ3) is 5.73. The van der Waals surface area contributed by atoms with Crippen molar-refractivity contribution < 1.29 is 14.3 Å². The van der Waals surface area contributed by atoms with Crippen LogP contribution < -0.4 is 10.2 Å². The zero-order chi connectivity index (χ0) is 21.2. The Hall–Kier alpha value is -2.05. The van der Waals surface area contributed by atoms with Crippen molar-refractivity contribution >= 4 is 44.8 Å². The van der Waals surface area contributed by atoms with Gasteiger partial charge in [0.05, 0.1) is 5.56 Å². The molecule has 156 valence electrons. The van der Waals surface area contributed by atoms with E-state index in [1.165, 1.54) is 11.3 Å². The van der Waals surface area contributed by atoms with Crippen LogP contribution in [0.1, 0.15) is 56.5 Å². The summed E-state index contributed by atoms with van der Waals surface area (Å²) in [4.78, 5) is 27.7. The van der Waals surface area contributed by atoms with Gasteiger partial charge in [-0.1, -0.05) is 29.9 Å². The Morgan fingerprint density at radius 3 is 2.38 bits per heavy atom. The van der Waals surface area contributed by atoms with Gasteiger partial charge in [0.1, 0.15) is 15.6 Å². The van der Waals surface area contributed by atoms with Crippen molar-refractivity contribution in [3.8, 4) is 0 Å². The van der Waals surface area contributed by atoms with Crippen LogP contribution in [0.4, 0.5) is 14.8 Å². The van der Waals surface area contributed by atoms with Crippen LogP contribution in [0.2, 0.25) is 5.02 Å². The number of carbonyl (C=O) groups excluding carboxylic acids is 2. The molecule has 1 fully saturated rings. The van der Waals surface area contributed by atoms with Crippen molar-refractivity contribution in [3.05, 3.63) is 46.5 Å². The first-order valence-corrected chi connectivity index (χ1v) is 11.0. The first kappa shape index (κ1) is 21.7. The maximum absolute atomic E-state index is 13.2. The second-order valence-corrected chi connectivity index (χ2v) is 9.93. The quantitative estimate of drug-likeness (QED) is 0.580. The molecule has 0 unspecified atom stereocenters. The standard InChI is InChI=1S/C22H27ClN2O3S/c1-14-9-11-25(12-10-14)20-17(19(26)15-5-7-16(23)8-6-15)13-18(29-20)24-21(27)28-22(2,3)4/h5-8,13-14H,9-12H2,1-4H3,(H,24,27). The van der Waals surface area contributed by atoms with Gasteiger partial charge in [-0.2, -0.15) is 0 Å². The molecular formula is C22H27ClN2O3S. The number of ketones is 1. The largest absolute Gasteiger partial charge is 0.444 e. The van der Waals surface area contributed by atoms with Gasteiger partial charge in [0.15, 0.2) is 5.78 Å². The maximum Gasteiger partial charge on any atom is 0.412 e. The third-order valence-corrected chi connectivity index (χ3v) is 6.12. The predicted molar refractivity (Wildman–Crippen MR) is 120 cm³/mol. The SMILES string of the molecule is CC1CCN(c2sc(NC(=O)OC(C)(C)C)cc2C(=O)c2ccc(Cl)cc2)CC1. The molecule has 5 nitrogen and oxygen atoms in total. The van der Waals surface area contributed by atoms with Crippen molar-refractivity contribution in [2.75, 3.05) is 23.3 Å². The lowest BCUT2D eigenvalue weighted by molar-refractivity contribution is 0.0636. The number of halogens is 1. The summed E-state index contributed by atoms with van der Waals surface area (Å²) >= 11 is 7.38. The second kappa shape index (κ2) is 8.76. The van der Waals surface area contributed by atoms with Gasteiger partial charge >= 0.3 is 6.09 Å². The van der Waals surface area contributed by atoms with E-state index in [4.69, 9.17) is 16.3 Å². The van der Waals surface area contributed by atoms with Crippen molar-refractivity contribution in [1.29, 1.82) is 0 Å². The van der Waals surface area contributed by atoms with Gasteiger partial charge in [0, 0.05) is 23.7 Å². The molecule has 0 spiro atoms. The van der Waals surface area contributed by atoms with Gasteiger partial charge in [-0.05, 0) is 69.9 Å². The Bertz CT molecular complexity index is 878. The van der Waals surface area contributed by atoms with E-state index in [0.717, 1.165) is 30.9 Å². The average molecular weight is 435 g/mol. The highest BCUT2D eigenvalue weighted by molar-refractivity contribution is 7.20. The summed E-state index contributed by atoms with van der Waals surface area (Å²) in [5.41, 5.74) is 0.579. The second-order valence-electron chi connectivity index (χ2n) is 8.46. The molecule has 2 aromatic rings. The van der Waals surface area contributed by atoms with Crippen molar-refractivity contribution in [1.82, 2.24) is 0 Å². The number of nitrogens with zero attached hydrogens (tertiary/aromatic N) is 1. The van der Waals surface area contributed by atoms with Crippen LogP contribution in [0.25, 0.3) is 0 Å². The number of rotatable bonds is 4. The van der Waals surface area contributed by atoms with E-state index in [2.05, 4.69) is 17.1 Å². The van der Waals surface area contributed by atoms with Crippen LogP contribution in [0.5, 0.6) is 0 Å². The molecule has 0 atom stereocenters. The Morgan fingerprint density at radius 1 is 1.17 bits per heavy atom. The minimum absolute atomic E-state index is 0.0798. The molecule has 2 heterocycles. The molecule has 0 radical (unpaired) electrons. The van der Waals surface area contributed by atoms with Crippen LogP contribution in [0, 0.1) is 5.92 Å². The number of nitrogens with one attached hydrogen (secondary N) is 1. The Labute approximate surface area is 181 Å². The first-order chi connectivity index (χ1) is 13.6. The fraction of sp³-hybridized carbons (Fsp3) is 0.455. The van der Waals surface area contributed by atoms with E-state index in [9.17, 15) is 9.59 Å². The fourth-order valence-corrected chi connectivity index (χ4v) is 4.43. The van der Waals surface area contributed by atoms with Gasteiger partial charge in [0.2, 0.25) is 0 Å². The summed E-state index contributed by atoms with van der Waals surface area (Å²) in [5.74, 6) is 0.602. The number of hydrogen-bond acceptors (Lipinski definition) is 5. The van der Waals surface area contributed by atoms with E-state index < -0.39 is 11.7 Å². The van der Waals surface area contributed by atoms with Crippen LogP contribution in [0.3, 0.4) is 0 Å². The normalized spacial score (nSPS) is 15.3. The Morgan fingerprint density at radius 2 is 1.79 bits per heavy atom. The zero-order valence-corrected chi connectivity index (χ0v) is 18.8. The lowest BCUT2D eigenvalue weighted by Crippen LogP contribution is -2.33. The van der Waals surface area contributed by atoms with Crippen LogP contribution >= 0.6 is 22.9 Å². The molecule has 0 aliphatic carbocycles. The number of benzene rings is 1. The lowest BCUT2D eigenvalue weighted by Gasteiger charge is -2.31. The topological polar surface area (TPSA) is 58.6 Å². The van der Waals surface area contributed by atoms with E-state index in [-0.39, 0.29) is 5.78 Å². The van der Waals surface area contributed by atoms with Crippen molar-refractivity contribution in [3.63, 3.8) is 0 Å². The molecule has 3 rings (SSSR count). The van der Waals surface area contributed by atoms with Gasteiger partial charge in [-0.25, -0.2) is 4.79 Å². The summed E-state index contributed by atoms with van der Waals surface area (Å²) in [6.07, 6.45) is 1.64. The molecule has 1 aliphatic rings. The van der Waals surface area contributed by atoms with Crippen molar-refractivity contribution in [2.45, 2.75) is 46.1 Å². The molecular weight excluding hydrogens is 408 g/mol. The molecule has 1 aliphatic heterocycles. The van der Waals surface area contributed by atoms with Crippen LogP contribution in [-0.4, -0.2) is 30.6 Å². The number of hydrogen-bond donors (Lipinski definition) is 1. The summed E-state index contributed by atoms with van der Waals surface area (Å²) in [5, 5.41) is 4.86. The molecule has 1 amide bonds. The van der Waals surface area contributed by atoms with E-state index >= 15 is 0 Å². The van der Waals surface area contributed by atoms with Crippen molar-refractivity contribution in [2.24, 2.45) is 5.92 Å². The number of thiophene rings is 1. The van der Waals surface area contributed by atoms with E-state index in [0.29, 0.717) is 27.1 Å². The monoisotopic (exact) mass is 434 g/mol. The molecule has 1 N–H and O–H groups in total. The van der Waals surface area contributed by atoms with Crippen LogP contribution in [0.15, 0.2) is 30.3 Å². The van der Waals surface area contributed by atoms with Gasteiger partial charge in [-0.3, -0.25) is 10.1 Å². The highest BCUT2D eigenvalue weighted by atomic mass is 35.5. The molecule has 0 bridgehead atoms. The highest BCUT2D eigenvalue weighted by Gasteiger charge is 2.26. The number of piperidine rings is 1. The number of carbonyl (C=O) groups is 2. The number of ether oxygens (including phenoxy) is 1. The molecule has 1 aromatic carbocycles. The number of anilines is 2. The molecule has 1 aromatic heterocycles. The van der Waals surface area contributed by atoms with Gasteiger partial charge in [-0.15, -0.1) is 0 Å². The summed E-state index contributed by atoms with van der Waals surface area (Å²) in [6, 6.07) is 8.63. The molecule has 1 saturated heterocycles. The zero-order valence-electron chi connectivity index (χ0n) is 17.3. The van der Waals surface area contributed by atoms with E-state index in [1.807, 2.05) is 20.8 Å². The molecule has 7 heteroatoms. The highest BCUT2D eigenvalue weighted by Crippen LogP contribution is 2.38. The first-order valence-electron chi connectivity index (χ1n) is 9.81. The fourth-order valence-electron chi connectivity index (χ4n) is 3.21. The smallest absolute Gasteiger partial charge is 0.412 e. The third-order valence-electron chi connectivity index (χ3n) is 4.76. The van der Waals surface area contributed by atoms with E-state index in [1.54, 1.807) is 30.3 Å². The molecule has 0 saturated carbocycles. The minimum Gasteiger partial charge on any atom is -0.444 e. The van der Waals surface area contributed by atoms with Gasteiger partial charge in [0.25, 0.3) is 0 Å². The minimum atomic E-state index is -0.588. The van der Waals surface area contributed by atoms with Gasteiger partial charge < -0.3 is 9.64 Å². The molecule has 29 heavy (non-hydrogen) atoms. The summed E-state index contributed by atoms with van der Waals surface area (Å²) in [7, 11) is 0. The maximum atomic E-state index is 13.2. The average Bonchev–Trinajstić information content (AvgIpc) is 3.04. The Kier molecular flexibility index (Phi) is 6.54. The van der Waals surface area contributed by atoms with Crippen LogP contribution in [-0.2, 0) is 4.74 Å². The lowest BCUT2D eigenvalue weighted by atomic mass is 9.98. The Balaban J connectivity index is 1.90. The summed E-state index contributed by atoms with van der Waals surface area (Å²) in [6.45, 7) is 9.49. The summed E-state index contributed by atoms with van der Waals surface area (Å²) < 4.78 is 5.35. The predicted octanol–water partition coefficient (Wildman–Crippen LogP) is 6.22. The number of amides is 1.